The molecule has 1 N–H and O–H groups in total. The molecule has 0 bridgehead atoms. The van der Waals surface area contributed by atoms with Crippen molar-refractivity contribution in [3.8, 4) is 0 Å². The molecule has 0 spiro atoms. The zero-order valence-electron chi connectivity index (χ0n) is 11.4. The van der Waals surface area contributed by atoms with Crippen molar-refractivity contribution in [3.05, 3.63) is 29.6 Å². The van der Waals surface area contributed by atoms with Crippen molar-refractivity contribution in [2.75, 3.05) is 13.7 Å². The summed E-state index contributed by atoms with van der Waals surface area (Å²) in [5.74, 6) is 0.406. The third kappa shape index (κ3) is 5.27. The average molecular weight is 250 g/mol. The summed E-state index contributed by atoms with van der Waals surface area (Å²) in [6, 6.07) is 3.59. The number of esters is 1. The van der Waals surface area contributed by atoms with E-state index in [0.717, 1.165) is 24.7 Å². The normalized spacial score (nSPS) is 10.7. The molecule has 0 saturated heterocycles. The molecule has 1 rings (SSSR count). The van der Waals surface area contributed by atoms with Gasteiger partial charge in [-0.25, -0.2) is 4.79 Å². The fourth-order valence-corrected chi connectivity index (χ4v) is 1.62. The number of rotatable bonds is 7. The minimum Gasteiger partial charge on any atom is -0.465 e. The van der Waals surface area contributed by atoms with E-state index in [0.29, 0.717) is 5.56 Å². The summed E-state index contributed by atoms with van der Waals surface area (Å²) in [4.78, 5) is 15.4. The maximum Gasteiger partial charge on any atom is 0.339 e. The Kier molecular flexibility index (Phi) is 6.36. The Morgan fingerprint density at radius 3 is 2.78 bits per heavy atom. The lowest BCUT2D eigenvalue weighted by atomic mass is 10.1. The molecule has 0 atom stereocenters. The zero-order chi connectivity index (χ0) is 13.4. The van der Waals surface area contributed by atoms with E-state index in [2.05, 4.69) is 28.9 Å². The number of hydrogen-bond acceptors (Lipinski definition) is 4. The number of hydrogen-bond donors (Lipinski definition) is 1. The van der Waals surface area contributed by atoms with Crippen LogP contribution in [0.15, 0.2) is 18.3 Å². The van der Waals surface area contributed by atoms with Crippen molar-refractivity contribution in [2.45, 2.75) is 33.2 Å². The van der Waals surface area contributed by atoms with Crippen molar-refractivity contribution < 1.29 is 9.53 Å². The molecule has 0 aromatic carbocycles. The lowest BCUT2D eigenvalue weighted by Gasteiger charge is -2.06. The molecule has 0 radical (unpaired) electrons. The fourth-order valence-electron chi connectivity index (χ4n) is 1.62. The van der Waals surface area contributed by atoms with Crippen LogP contribution in [-0.4, -0.2) is 24.6 Å². The standard InChI is InChI=1S/C14H22N2O2/c1-11(2)5-4-8-15-10-13-7-6-12(9-16-13)14(17)18-3/h6-7,9,11,15H,4-5,8,10H2,1-3H3. The van der Waals surface area contributed by atoms with Gasteiger partial charge in [0.05, 0.1) is 18.4 Å². The van der Waals surface area contributed by atoms with Crippen LogP contribution in [0, 0.1) is 5.92 Å². The molecule has 1 aromatic rings. The molecular weight excluding hydrogens is 228 g/mol. The summed E-state index contributed by atoms with van der Waals surface area (Å²) in [5.41, 5.74) is 1.42. The molecule has 100 valence electrons. The second-order valence-corrected chi connectivity index (χ2v) is 4.74. The largest absolute Gasteiger partial charge is 0.465 e. The van der Waals surface area contributed by atoms with Crippen LogP contribution in [0.25, 0.3) is 0 Å². The van der Waals surface area contributed by atoms with E-state index >= 15 is 0 Å². The number of methoxy groups -OCH3 is 1. The quantitative estimate of drug-likeness (QED) is 0.596. The molecule has 0 aliphatic rings. The lowest BCUT2D eigenvalue weighted by Crippen LogP contribution is -2.16. The Hall–Kier alpha value is -1.42. The first-order chi connectivity index (χ1) is 8.63. The highest BCUT2D eigenvalue weighted by molar-refractivity contribution is 5.88. The highest BCUT2D eigenvalue weighted by atomic mass is 16.5. The Labute approximate surface area is 109 Å². The molecular formula is C14H22N2O2. The molecule has 0 aliphatic carbocycles. The SMILES string of the molecule is COC(=O)c1ccc(CNCCCC(C)C)nc1. The predicted octanol–water partition coefficient (Wildman–Crippen LogP) is 2.39. The van der Waals surface area contributed by atoms with E-state index in [1.54, 1.807) is 12.3 Å². The number of ether oxygens (including phenoxy) is 1. The highest BCUT2D eigenvalue weighted by Crippen LogP contribution is 2.03. The Balaban J connectivity index is 2.29. The number of nitrogens with one attached hydrogen (secondary N) is 1. The first-order valence-electron chi connectivity index (χ1n) is 6.37. The van der Waals surface area contributed by atoms with E-state index in [-0.39, 0.29) is 5.97 Å². The summed E-state index contributed by atoms with van der Waals surface area (Å²) in [6.07, 6.45) is 3.97. The minimum absolute atomic E-state index is 0.348. The number of nitrogens with zero attached hydrogens (tertiary/aromatic N) is 1. The summed E-state index contributed by atoms with van der Waals surface area (Å²) in [6.45, 7) is 6.19. The molecule has 0 unspecified atom stereocenters. The summed E-state index contributed by atoms with van der Waals surface area (Å²) < 4.78 is 4.62. The second-order valence-electron chi connectivity index (χ2n) is 4.74. The van der Waals surface area contributed by atoms with Gasteiger partial charge in [0.25, 0.3) is 0 Å². The Morgan fingerprint density at radius 1 is 1.44 bits per heavy atom. The molecule has 0 fully saturated rings. The maximum absolute atomic E-state index is 11.2. The van der Waals surface area contributed by atoms with E-state index < -0.39 is 0 Å². The van der Waals surface area contributed by atoms with E-state index in [1.807, 2.05) is 6.07 Å². The molecule has 0 aliphatic heterocycles. The first-order valence-corrected chi connectivity index (χ1v) is 6.37. The molecule has 0 saturated carbocycles. The van der Waals surface area contributed by atoms with Gasteiger partial charge in [-0.15, -0.1) is 0 Å². The maximum atomic E-state index is 11.2. The Morgan fingerprint density at radius 2 is 2.22 bits per heavy atom. The van der Waals surface area contributed by atoms with E-state index in [9.17, 15) is 4.79 Å². The number of carbonyl (C=O) groups excluding carboxylic acids is 1. The number of pyridine rings is 1. The number of carbonyl (C=O) groups is 1. The van der Waals surface area contributed by atoms with Crippen LogP contribution < -0.4 is 5.32 Å². The fraction of sp³-hybridized carbons (Fsp3) is 0.571. The van der Waals surface area contributed by atoms with Crippen molar-refractivity contribution in [1.29, 1.82) is 0 Å². The van der Waals surface area contributed by atoms with Gasteiger partial charge in [-0.05, 0) is 37.4 Å². The van der Waals surface area contributed by atoms with Crippen molar-refractivity contribution in [1.82, 2.24) is 10.3 Å². The molecule has 1 heterocycles. The average Bonchev–Trinajstić information content (AvgIpc) is 2.38. The van der Waals surface area contributed by atoms with Gasteiger partial charge in [0, 0.05) is 12.7 Å². The molecule has 0 amide bonds. The summed E-state index contributed by atoms with van der Waals surface area (Å²) in [5, 5.41) is 3.34. The van der Waals surface area contributed by atoms with Crippen LogP contribution in [0.4, 0.5) is 0 Å². The van der Waals surface area contributed by atoms with Gasteiger partial charge in [0.1, 0.15) is 0 Å². The van der Waals surface area contributed by atoms with Crippen LogP contribution in [0.1, 0.15) is 42.7 Å². The van der Waals surface area contributed by atoms with Crippen LogP contribution in [0.3, 0.4) is 0 Å². The van der Waals surface area contributed by atoms with Gasteiger partial charge in [-0.1, -0.05) is 13.8 Å². The van der Waals surface area contributed by atoms with Crippen molar-refractivity contribution in [3.63, 3.8) is 0 Å². The Bertz CT molecular complexity index is 361. The van der Waals surface area contributed by atoms with Gasteiger partial charge < -0.3 is 10.1 Å². The summed E-state index contributed by atoms with van der Waals surface area (Å²) in [7, 11) is 1.37. The smallest absolute Gasteiger partial charge is 0.339 e. The monoisotopic (exact) mass is 250 g/mol. The van der Waals surface area contributed by atoms with Gasteiger partial charge in [-0.2, -0.15) is 0 Å². The third-order valence-corrected chi connectivity index (χ3v) is 2.69. The van der Waals surface area contributed by atoms with Gasteiger partial charge >= 0.3 is 5.97 Å². The van der Waals surface area contributed by atoms with Gasteiger partial charge in [-0.3, -0.25) is 4.98 Å². The predicted molar refractivity (Wildman–Crippen MR) is 71.4 cm³/mol. The third-order valence-electron chi connectivity index (χ3n) is 2.69. The van der Waals surface area contributed by atoms with E-state index in [1.165, 1.54) is 20.0 Å². The lowest BCUT2D eigenvalue weighted by molar-refractivity contribution is 0.0600. The highest BCUT2D eigenvalue weighted by Gasteiger charge is 2.04. The first kappa shape index (κ1) is 14.6. The van der Waals surface area contributed by atoms with Gasteiger partial charge in [0.2, 0.25) is 0 Å². The molecule has 4 nitrogen and oxygen atoms in total. The van der Waals surface area contributed by atoms with Crippen LogP contribution >= 0.6 is 0 Å². The molecule has 18 heavy (non-hydrogen) atoms. The zero-order valence-corrected chi connectivity index (χ0v) is 11.4. The number of aromatic nitrogens is 1. The van der Waals surface area contributed by atoms with Gasteiger partial charge in [0.15, 0.2) is 0 Å². The van der Waals surface area contributed by atoms with Crippen LogP contribution in [0.2, 0.25) is 0 Å². The molecule has 4 heteroatoms. The second kappa shape index (κ2) is 7.82. The molecule has 1 aromatic heterocycles. The van der Waals surface area contributed by atoms with Crippen molar-refractivity contribution in [2.24, 2.45) is 5.92 Å². The van der Waals surface area contributed by atoms with Crippen LogP contribution in [-0.2, 0) is 11.3 Å². The minimum atomic E-state index is -0.348. The summed E-state index contributed by atoms with van der Waals surface area (Å²) >= 11 is 0. The van der Waals surface area contributed by atoms with Crippen LogP contribution in [0.5, 0.6) is 0 Å². The topological polar surface area (TPSA) is 51.2 Å². The van der Waals surface area contributed by atoms with Crippen molar-refractivity contribution >= 4 is 5.97 Å². The van der Waals surface area contributed by atoms with E-state index in [4.69, 9.17) is 0 Å².